The van der Waals surface area contributed by atoms with E-state index in [9.17, 15) is 4.39 Å². The van der Waals surface area contributed by atoms with Crippen LogP contribution in [0, 0.1) is 0 Å². The lowest BCUT2D eigenvalue weighted by Gasteiger charge is -1.94. The highest BCUT2D eigenvalue weighted by Crippen LogP contribution is 2.07. The molecule has 0 aliphatic rings. The van der Waals surface area contributed by atoms with Gasteiger partial charge in [0.05, 0.1) is 6.21 Å². The Hall–Kier alpha value is -0.920. The number of hydrogen-bond acceptors (Lipinski definition) is 1. The van der Waals surface area contributed by atoms with Gasteiger partial charge >= 0.3 is 0 Å². The lowest BCUT2D eigenvalue weighted by molar-refractivity contribution is 0.667. The first-order valence-corrected chi connectivity index (χ1v) is 4.14. The number of halogens is 1. The van der Waals surface area contributed by atoms with Gasteiger partial charge in [0.1, 0.15) is 5.83 Å². The summed E-state index contributed by atoms with van der Waals surface area (Å²) in [6, 6.07) is 0. The molecule has 0 bridgehead atoms. The topological polar surface area (TPSA) is 12.4 Å². The average molecular weight is 169 g/mol. The van der Waals surface area contributed by atoms with Crippen LogP contribution in [0.1, 0.15) is 34.1 Å². The second-order valence-electron chi connectivity index (χ2n) is 2.67. The van der Waals surface area contributed by atoms with Crippen molar-refractivity contribution >= 4 is 6.21 Å². The molecule has 0 N–H and O–H groups in total. The molecule has 0 aromatic rings. The molecule has 0 unspecified atom stereocenters. The summed E-state index contributed by atoms with van der Waals surface area (Å²) in [5.74, 6) is -0.223. The summed E-state index contributed by atoms with van der Waals surface area (Å²) in [5.41, 5.74) is 1.57. The van der Waals surface area contributed by atoms with E-state index in [0.29, 0.717) is 0 Å². The standard InChI is InChI=1S/C10H16FN/c1-5-8(3)10(11)7-12-9(4)6-2/h6-7H,5H2,1-4H3/b9-6-,10-8-,12-7+. The van der Waals surface area contributed by atoms with Gasteiger partial charge in [-0.3, -0.25) is 4.99 Å². The maximum atomic E-state index is 13.0. The normalized spacial score (nSPS) is 15.2. The van der Waals surface area contributed by atoms with E-state index in [1.165, 1.54) is 6.21 Å². The number of nitrogens with zero attached hydrogens (tertiary/aromatic N) is 1. The Bertz CT molecular complexity index is 224. The van der Waals surface area contributed by atoms with Gasteiger partial charge in [-0.1, -0.05) is 13.0 Å². The van der Waals surface area contributed by atoms with Crippen molar-refractivity contribution in [2.75, 3.05) is 0 Å². The molecule has 0 aliphatic carbocycles. The zero-order valence-electron chi connectivity index (χ0n) is 8.19. The minimum atomic E-state index is -0.223. The highest BCUT2D eigenvalue weighted by atomic mass is 19.1. The Kier molecular flexibility index (Phi) is 5.26. The van der Waals surface area contributed by atoms with Gasteiger partial charge in [0.2, 0.25) is 0 Å². The van der Waals surface area contributed by atoms with Gasteiger partial charge in [0.15, 0.2) is 0 Å². The summed E-state index contributed by atoms with van der Waals surface area (Å²) in [6.45, 7) is 7.41. The van der Waals surface area contributed by atoms with Crippen molar-refractivity contribution in [1.82, 2.24) is 0 Å². The van der Waals surface area contributed by atoms with Crippen LogP contribution in [0.3, 0.4) is 0 Å². The van der Waals surface area contributed by atoms with E-state index in [0.717, 1.165) is 17.7 Å². The molecule has 0 aromatic carbocycles. The zero-order valence-corrected chi connectivity index (χ0v) is 8.19. The van der Waals surface area contributed by atoms with Gasteiger partial charge in [-0.15, -0.1) is 0 Å². The van der Waals surface area contributed by atoms with Crippen molar-refractivity contribution < 1.29 is 4.39 Å². The second-order valence-corrected chi connectivity index (χ2v) is 2.67. The smallest absolute Gasteiger partial charge is 0.140 e. The Labute approximate surface area is 73.7 Å². The zero-order chi connectivity index (χ0) is 9.56. The third-order valence-corrected chi connectivity index (χ3v) is 1.74. The van der Waals surface area contributed by atoms with Gasteiger partial charge < -0.3 is 0 Å². The largest absolute Gasteiger partial charge is 0.259 e. The van der Waals surface area contributed by atoms with Gasteiger partial charge in [0, 0.05) is 5.70 Å². The fourth-order valence-electron chi connectivity index (χ4n) is 0.512. The van der Waals surface area contributed by atoms with Crippen molar-refractivity contribution in [2.45, 2.75) is 34.1 Å². The summed E-state index contributed by atoms with van der Waals surface area (Å²) in [6.07, 6.45) is 3.84. The van der Waals surface area contributed by atoms with Crippen LogP contribution in [0.2, 0.25) is 0 Å². The molecule has 0 amide bonds. The van der Waals surface area contributed by atoms with E-state index in [4.69, 9.17) is 0 Å². The summed E-state index contributed by atoms with van der Waals surface area (Å²) in [5, 5.41) is 0. The molecule has 0 saturated heterocycles. The van der Waals surface area contributed by atoms with Crippen LogP contribution < -0.4 is 0 Å². The van der Waals surface area contributed by atoms with Crippen molar-refractivity contribution in [3.8, 4) is 0 Å². The molecule has 68 valence electrons. The summed E-state index contributed by atoms with van der Waals surface area (Å²) >= 11 is 0. The molecule has 1 nitrogen and oxygen atoms in total. The molecule has 0 saturated carbocycles. The van der Waals surface area contributed by atoms with Crippen LogP contribution in [-0.4, -0.2) is 6.21 Å². The van der Waals surface area contributed by atoms with E-state index < -0.39 is 0 Å². The second kappa shape index (κ2) is 5.70. The quantitative estimate of drug-likeness (QED) is 0.572. The maximum Gasteiger partial charge on any atom is 0.140 e. The molecule has 0 heterocycles. The molecule has 0 aliphatic heterocycles. The maximum absolute atomic E-state index is 13.0. The van der Waals surface area contributed by atoms with Crippen molar-refractivity contribution in [3.05, 3.63) is 23.2 Å². The number of aliphatic imine (C=N–C) groups is 1. The van der Waals surface area contributed by atoms with Gasteiger partial charge in [-0.25, -0.2) is 4.39 Å². The van der Waals surface area contributed by atoms with E-state index in [1.807, 2.05) is 26.8 Å². The molecule has 0 spiro atoms. The fraction of sp³-hybridized carbons (Fsp3) is 0.500. The lowest BCUT2D eigenvalue weighted by atomic mass is 10.2. The van der Waals surface area contributed by atoms with Crippen molar-refractivity contribution in [3.63, 3.8) is 0 Å². The Balaban J connectivity index is 4.36. The van der Waals surface area contributed by atoms with Gasteiger partial charge in [-0.2, -0.15) is 0 Å². The molecular weight excluding hydrogens is 153 g/mol. The van der Waals surface area contributed by atoms with Crippen LogP contribution in [0.15, 0.2) is 28.2 Å². The van der Waals surface area contributed by atoms with Gasteiger partial charge in [0.25, 0.3) is 0 Å². The Morgan fingerprint density at radius 1 is 1.42 bits per heavy atom. The Morgan fingerprint density at radius 3 is 2.42 bits per heavy atom. The highest BCUT2D eigenvalue weighted by molar-refractivity contribution is 5.77. The first-order chi connectivity index (χ1) is 5.61. The molecular formula is C10H16FN. The SMILES string of the molecule is C\C=C(C)/N=C/C(F)=C(\C)CC. The van der Waals surface area contributed by atoms with E-state index in [-0.39, 0.29) is 5.83 Å². The predicted octanol–water partition coefficient (Wildman–Crippen LogP) is 3.63. The van der Waals surface area contributed by atoms with Gasteiger partial charge in [-0.05, 0) is 32.8 Å². The fourth-order valence-corrected chi connectivity index (χ4v) is 0.512. The molecule has 0 fully saturated rings. The predicted molar refractivity (Wildman–Crippen MR) is 52.0 cm³/mol. The molecule has 12 heavy (non-hydrogen) atoms. The number of rotatable bonds is 3. The minimum Gasteiger partial charge on any atom is -0.259 e. The molecule has 0 rings (SSSR count). The van der Waals surface area contributed by atoms with Crippen LogP contribution in [0.4, 0.5) is 4.39 Å². The van der Waals surface area contributed by atoms with E-state index >= 15 is 0 Å². The minimum absolute atomic E-state index is 0.223. The van der Waals surface area contributed by atoms with Crippen molar-refractivity contribution in [2.24, 2.45) is 4.99 Å². The van der Waals surface area contributed by atoms with Crippen LogP contribution in [-0.2, 0) is 0 Å². The molecule has 0 aromatic heterocycles. The number of hydrogen-bond donors (Lipinski definition) is 0. The third-order valence-electron chi connectivity index (χ3n) is 1.74. The van der Waals surface area contributed by atoms with E-state index in [2.05, 4.69) is 4.99 Å². The lowest BCUT2D eigenvalue weighted by Crippen LogP contribution is -1.83. The summed E-state index contributed by atoms with van der Waals surface area (Å²) < 4.78 is 13.0. The monoisotopic (exact) mass is 169 g/mol. The van der Waals surface area contributed by atoms with E-state index in [1.54, 1.807) is 6.92 Å². The molecule has 0 atom stereocenters. The molecule has 2 heteroatoms. The van der Waals surface area contributed by atoms with Crippen LogP contribution in [0.25, 0.3) is 0 Å². The number of allylic oxidation sites excluding steroid dienone is 4. The summed E-state index contributed by atoms with van der Waals surface area (Å²) in [7, 11) is 0. The average Bonchev–Trinajstić information content (AvgIpc) is 2.11. The third kappa shape index (κ3) is 4.06. The van der Waals surface area contributed by atoms with Crippen LogP contribution >= 0.6 is 0 Å². The summed E-state index contributed by atoms with van der Waals surface area (Å²) in [4.78, 5) is 3.91. The first kappa shape index (κ1) is 11.1. The first-order valence-electron chi connectivity index (χ1n) is 4.14. The van der Waals surface area contributed by atoms with Crippen molar-refractivity contribution in [1.29, 1.82) is 0 Å². The molecule has 0 radical (unpaired) electrons. The highest BCUT2D eigenvalue weighted by Gasteiger charge is 1.94. The van der Waals surface area contributed by atoms with Crippen LogP contribution in [0.5, 0.6) is 0 Å². The Morgan fingerprint density at radius 2 is 2.00 bits per heavy atom.